The van der Waals surface area contributed by atoms with E-state index >= 15 is 0 Å². The molecule has 24 heavy (non-hydrogen) atoms. The average Bonchev–Trinajstić information content (AvgIpc) is 2.97. The van der Waals surface area contributed by atoms with Crippen LogP contribution in [0, 0.1) is 0 Å². The van der Waals surface area contributed by atoms with Crippen LogP contribution in [-0.2, 0) is 23.2 Å². The molecular formula is C19H25Cl2NSiZr. The van der Waals surface area contributed by atoms with E-state index in [0.29, 0.717) is 5.04 Å². The molecule has 0 radical (unpaired) electrons. The molecule has 3 rings (SSSR count). The van der Waals surface area contributed by atoms with Gasteiger partial charge in [-0.05, 0) is 0 Å². The second kappa shape index (κ2) is 8.08. The van der Waals surface area contributed by atoms with E-state index in [0.717, 1.165) is 0 Å². The molecule has 0 aliphatic heterocycles. The Morgan fingerprint density at radius 2 is 1.62 bits per heavy atom. The van der Waals surface area contributed by atoms with E-state index in [9.17, 15) is 0 Å². The predicted molar refractivity (Wildman–Crippen MR) is 96.3 cm³/mol. The zero-order chi connectivity index (χ0) is 16.1. The molecule has 0 saturated carbocycles. The summed E-state index contributed by atoms with van der Waals surface area (Å²) in [6.45, 7) is 14.6. The molecule has 0 saturated heterocycles. The van der Waals surface area contributed by atoms with Crippen molar-refractivity contribution >= 4 is 23.1 Å². The van der Waals surface area contributed by atoms with Crippen LogP contribution in [-0.4, -0.2) is 13.8 Å². The minimum atomic E-state index is -0.795. The molecule has 0 spiro atoms. The number of H-pyrrole nitrogens is 1. The third-order valence-electron chi connectivity index (χ3n) is 5.74. The molecule has 0 fully saturated rings. The summed E-state index contributed by atoms with van der Waals surface area (Å²) in [5.41, 5.74) is 6.11. The third kappa shape index (κ3) is 3.43. The minimum absolute atomic E-state index is 0. The zero-order valence-corrected chi connectivity index (χ0v) is 20.3. The Kier molecular flexibility index (Phi) is 7.39. The minimum Gasteiger partial charge on any atom is -1.00 e. The SMILES string of the molecule is CC1=C(C)C(C)([SiH](C)C)[C]([Zr+2][c]2cc3ccccc3[nH]2)=C1C.[Cl-].[Cl-]. The molecule has 5 heteroatoms. The average molecular weight is 458 g/mol. The van der Waals surface area contributed by atoms with Gasteiger partial charge in [-0.15, -0.1) is 0 Å². The van der Waals surface area contributed by atoms with Crippen molar-refractivity contribution in [2.45, 2.75) is 45.8 Å². The van der Waals surface area contributed by atoms with Gasteiger partial charge in [-0.3, -0.25) is 0 Å². The molecular weight excluding hydrogens is 432 g/mol. The summed E-state index contributed by atoms with van der Waals surface area (Å²) in [7, 11) is -0.795. The van der Waals surface area contributed by atoms with E-state index in [-0.39, 0.29) is 24.8 Å². The van der Waals surface area contributed by atoms with Crippen LogP contribution in [0.5, 0.6) is 0 Å². The molecule has 1 unspecified atom stereocenters. The maximum absolute atomic E-state index is 3.69. The third-order valence-corrected chi connectivity index (χ3v) is 13.6. The normalized spacial score (nSPS) is 20.3. The number of aromatic nitrogens is 1. The van der Waals surface area contributed by atoms with Gasteiger partial charge in [-0.2, -0.15) is 0 Å². The summed E-state index contributed by atoms with van der Waals surface area (Å²) < 4.78 is 3.34. The van der Waals surface area contributed by atoms with Crippen molar-refractivity contribution in [1.82, 2.24) is 4.98 Å². The van der Waals surface area contributed by atoms with Gasteiger partial charge in [0.1, 0.15) is 0 Å². The van der Waals surface area contributed by atoms with Gasteiger partial charge in [0.2, 0.25) is 0 Å². The topological polar surface area (TPSA) is 15.8 Å². The largest absolute Gasteiger partial charge is 1.00 e. The smallest absolute Gasteiger partial charge is 1.00 e. The van der Waals surface area contributed by atoms with Crippen molar-refractivity contribution in [2.75, 3.05) is 0 Å². The monoisotopic (exact) mass is 455 g/mol. The second-order valence-corrected chi connectivity index (χ2v) is 13.6. The van der Waals surface area contributed by atoms with Gasteiger partial charge in [0.25, 0.3) is 0 Å². The predicted octanol–water partition coefficient (Wildman–Crippen LogP) is -1.25. The van der Waals surface area contributed by atoms with Gasteiger partial charge < -0.3 is 24.8 Å². The van der Waals surface area contributed by atoms with E-state index < -0.39 is 32.0 Å². The molecule has 1 nitrogen and oxygen atoms in total. The summed E-state index contributed by atoms with van der Waals surface area (Å²) >= 11 is -0.768. The fraction of sp³-hybridized carbons (Fsp3) is 0.368. The van der Waals surface area contributed by atoms with Crippen LogP contribution in [0.2, 0.25) is 18.1 Å². The van der Waals surface area contributed by atoms with E-state index in [4.69, 9.17) is 0 Å². The molecule has 2 aromatic rings. The summed E-state index contributed by atoms with van der Waals surface area (Å²) in [6, 6.07) is 11.1. The van der Waals surface area contributed by atoms with Gasteiger partial charge in [-0.1, -0.05) is 0 Å². The van der Waals surface area contributed by atoms with Crippen LogP contribution in [0.4, 0.5) is 0 Å². The molecule has 0 amide bonds. The van der Waals surface area contributed by atoms with Crippen LogP contribution in [0.3, 0.4) is 0 Å². The second-order valence-electron chi connectivity index (χ2n) is 7.00. The van der Waals surface area contributed by atoms with Crippen molar-refractivity contribution in [3.63, 3.8) is 0 Å². The fourth-order valence-corrected chi connectivity index (χ4v) is 11.8. The van der Waals surface area contributed by atoms with Crippen LogP contribution in [0.25, 0.3) is 10.9 Å². The number of aromatic amines is 1. The first kappa shape index (κ1) is 22.0. The number of rotatable bonds is 3. The molecule has 1 aromatic carbocycles. The van der Waals surface area contributed by atoms with E-state index in [1.807, 2.05) is 3.28 Å². The van der Waals surface area contributed by atoms with E-state index in [1.54, 1.807) is 16.7 Å². The van der Waals surface area contributed by atoms with Crippen LogP contribution in [0.15, 0.2) is 50.3 Å². The van der Waals surface area contributed by atoms with Crippen LogP contribution < -0.4 is 28.2 Å². The Morgan fingerprint density at radius 3 is 2.21 bits per heavy atom. The number of fused-ring (bicyclic) bond motifs is 1. The van der Waals surface area contributed by atoms with Gasteiger partial charge in [0.05, 0.1) is 0 Å². The van der Waals surface area contributed by atoms with Gasteiger partial charge in [0.15, 0.2) is 0 Å². The number of halogens is 2. The summed E-state index contributed by atoms with van der Waals surface area (Å²) in [5, 5.41) is 1.76. The van der Waals surface area contributed by atoms with Gasteiger partial charge in [-0.25, -0.2) is 0 Å². The first-order valence-electron chi connectivity index (χ1n) is 8.10. The molecule has 1 N–H and O–H groups in total. The van der Waals surface area contributed by atoms with E-state index in [1.165, 1.54) is 14.3 Å². The van der Waals surface area contributed by atoms with Gasteiger partial charge >= 0.3 is 147 Å². The number of para-hydroxylation sites is 1. The Morgan fingerprint density at radius 1 is 1.00 bits per heavy atom. The zero-order valence-electron chi connectivity index (χ0n) is 15.2. The Bertz CT molecular complexity index is 774. The Labute approximate surface area is 171 Å². The number of hydrogen-bond acceptors (Lipinski definition) is 0. The van der Waals surface area contributed by atoms with Crippen molar-refractivity contribution in [1.29, 1.82) is 0 Å². The van der Waals surface area contributed by atoms with Crippen molar-refractivity contribution in [3.05, 3.63) is 50.3 Å². The molecule has 1 aliphatic rings. The number of allylic oxidation sites excluding steroid dienone is 4. The van der Waals surface area contributed by atoms with Crippen molar-refractivity contribution in [2.24, 2.45) is 0 Å². The van der Waals surface area contributed by atoms with E-state index in [2.05, 4.69) is 76.1 Å². The molecule has 128 valence electrons. The Hall–Kier alpha value is -0.0800. The number of hydrogen-bond donors (Lipinski definition) is 1. The maximum Gasteiger partial charge on any atom is -1.00 e. The van der Waals surface area contributed by atoms with Crippen molar-refractivity contribution in [3.8, 4) is 0 Å². The molecule has 1 atom stereocenters. The van der Waals surface area contributed by atoms with Crippen LogP contribution in [0.1, 0.15) is 27.7 Å². The quantitative estimate of drug-likeness (QED) is 0.555. The summed E-state index contributed by atoms with van der Waals surface area (Å²) in [5.74, 6) is 0. The standard InChI is InChI=1S/C11H19Si.C8H6N.2ClH.Zr/c1-8-7-11(4,12(5)6)10(3)9(8)2;1-2-4-8-7(3-1)5-6-9-8;;;/h12H,1-6H3;1-5,9H;2*1H;/q;;;;+2/p-2. The first-order chi connectivity index (χ1) is 10.4. The number of nitrogens with one attached hydrogen (secondary N) is 1. The van der Waals surface area contributed by atoms with Crippen LogP contribution >= 0.6 is 0 Å². The maximum atomic E-state index is 3.69. The molecule has 0 bridgehead atoms. The first-order valence-corrected chi connectivity index (χ1v) is 13.4. The Balaban J connectivity index is 0.00000144. The molecule has 1 heterocycles. The molecule has 1 aliphatic carbocycles. The fourth-order valence-electron chi connectivity index (χ4n) is 3.66. The van der Waals surface area contributed by atoms with Crippen molar-refractivity contribution < 1.29 is 48.0 Å². The summed E-state index contributed by atoms with van der Waals surface area (Å²) in [4.78, 5) is 3.69. The summed E-state index contributed by atoms with van der Waals surface area (Å²) in [6.07, 6.45) is 0. The molecule has 1 aromatic heterocycles. The number of benzene rings is 1. The van der Waals surface area contributed by atoms with Gasteiger partial charge in [0, 0.05) is 0 Å².